The summed E-state index contributed by atoms with van der Waals surface area (Å²) in [5, 5.41) is 7.84. The molecule has 1 fully saturated rings. The smallest absolute Gasteiger partial charge is 0.115 e. The van der Waals surface area contributed by atoms with E-state index in [4.69, 9.17) is 4.99 Å². The number of unbranched alkanes of at least 4 members (excludes halogenated alkanes) is 1. The van der Waals surface area contributed by atoms with E-state index in [1.165, 1.54) is 42.0 Å². The number of hydrogen-bond acceptors (Lipinski definition) is 5. The number of para-hydroxylation sites is 2. The van der Waals surface area contributed by atoms with Crippen LogP contribution < -0.4 is 10.6 Å². The SMILES string of the molecule is CC1=CC2C(N3CCN[C@@H](CCCCc4ccccc4)C3)=Nc3ccccc3NC2S1. The Morgan fingerprint density at radius 1 is 1.06 bits per heavy atom. The number of allylic oxidation sites excluding steroid dienone is 1. The molecule has 0 spiro atoms. The minimum Gasteiger partial charge on any atom is -0.370 e. The molecule has 0 aromatic heterocycles. The van der Waals surface area contributed by atoms with Crippen LogP contribution in [0.2, 0.25) is 0 Å². The lowest BCUT2D eigenvalue weighted by molar-refractivity contribution is 0.271. The van der Waals surface area contributed by atoms with Crippen LogP contribution >= 0.6 is 11.8 Å². The summed E-state index contributed by atoms with van der Waals surface area (Å²) in [5.41, 5.74) is 3.67. The maximum Gasteiger partial charge on any atom is 0.115 e. The van der Waals surface area contributed by atoms with Crippen molar-refractivity contribution in [3.05, 3.63) is 71.1 Å². The number of rotatable bonds is 5. The quantitative estimate of drug-likeness (QED) is 0.619. The van der Waals surface area contributed by atoms with Crippen LogP contribution in [0.15, 0.2) is 70.6 Å². The lowest BCUT2D eigenvalue weighted by Crippen LogP contribution is -2.54. The minimum absolute atomic E-state index is 0.328. The predicted octanol–water partition coefficient (Wildman–Crippen LogP) is 5.42. The highest BCUT2D eigenvalue weighted by atomic mass is 32.2. The van der Waals surface area contributed by atoms with Crippen molar-refractivity contribution in [1.82, 2.24) is 10.2 Å². The second-order valence-corrected chi connectivity index (χ2v) is 10.2. The third-order valence-corrected chi connectivity index (χ3v) is 7.65. The lowest BCUT2D eigenvalue weighted by atomic mass is 10.0. The van der Waals surface area contributed by atoms with Crippen LogP contribution in [0, 0.1) is 5.92 Å². The van der Waals surface area contributed by atoms with E-state index in [1.54, 1.807) is 0 Å². The summed E-state index contributed by atoms with van der Waals surface area (Å²) in [7, 11) is 0. The van der Waals surface area contributed by atoms with Gasteiger partial charge in [-0.25, -0.2) is 4.99 Å². The van der Waals surface area contributed by atoms with Gasteiger partial charge in [0.1, 0.15) is 5.84 Å². The number of aryl methyl sites for hydroxylation is 1. The Morgan fingerprint density at radius 2 is 1.90 bits per heavy atom. The zero-order chi connectivity index (χ0) is 21.0. The van der Waals surface area contributed by atoms with Crippen molar-refractivity contribution in [1.29, 1.82) is 0 Å². The zero-order valence-electron chi connectivity index (χ0n) is 18.3. The lowest BCUT2D eigenvalue weighted by Gasteiger charge is -2.38. The largest absolute Gasteiger partial charge is 0.370 e. The highest BCUT2D eigenvalue weighted by Gasteiger charge is 2.37. The van der Waals surface area contributed by atoms with Crippen molar-refractivity contribution in [3.8, 4) is 0 Å². The first-order valence-electron chi connectivity index (χ1n) is 11.6. The number of benzene rings is 2. The molecule has 0 amide bonds. The van der Waals surface area contributed by atoms with E-state index in [0.29, 0.717) is 17.3 Å². The number of nitrogens with one attached hydrogen (secondary N) is 2. The Hall–Kier alpha value is -2.24. The summed E-state index contributed by atoms with van der Waals surface area (Å²) in [4.78, 5) is 9.15. The monoisotopic (exact) mass is 432 g/mol. The Labute approximate surface area is 190 Å². The van der Waals surface area contributed by atoms with Crippen LogP contribution in [0.5, 0.6) is 0 Å². The highest BCUT2D eigenvalue weighted by molar-refractivity contribution is 8.04. The maximum absolute atomic E-state index is 5.20. The van der Waals surface area contributed by atoms with Crippen molar-refractivity contribution in [3.63, 3.8) is 0 Å². The molecule has 2 aromatic carbocycles. The van der Waals surface area contributed by atoms with E-state index in [1.807, 2.05) is 11.8 Å². The van der Waals surface area contributed by atoms with E-state index >= 15 is 0 Å². The van der Waals surface area contributed by atoms with E-state index < -0.39 is 0 Å². The van der Waals surface area contributed by atoms with Gasteiger partial charge in [-0.15, -0.1) is 11.8 Å². The fourth-order valence-electron chi connectivity index (χ4n) is 4.90. The average molecular weight is 433 g/mol. The van der Waals surface area contributed by atoms with Gasteiger partial charge in [-0.1, -0.05) is 55.0 Å². The third kappa shape index (κ3) is 4.83. The molecule has 4 nitrogen and oxygen atoms in total. The summed E-state index contributed by atoms with van der Waals surface area (Å²) >= 11 is 1.94. The number of hydrogen-bond donors (Lipinski definition) is 2. The van der Waals surface area contributed by atoms with Crippen LogP contribution in [0.4, 0.5) is 11.4 Å². The summed E-state index contributed by atoms with van der Waals surface area (Å²) in [6.45, 7) is 5.33. The van der Waals surface area contributed by atoms with E-state index in [0.717, 1.165) is 31.0 Å². The van der Waals surface area contributed by atoms with Gasteiger partial charge in [0.25, 0.3) is 0 Å². The number of thioether (sulfide) groups is 1. The molecule has 0 bridgehead atoms. The van der Waals surface area contributed by atoms with Crippen LogP contribution in [0.25, 0.3) is 0 Å². The summed E-state index contributed by atoms with van der Waals surface area (Å²) in [6, 6.07) is 19.9. The van der Waals surface area contributed by atoms with Gasteiger partial charge in [-0.2, -0.15) is 0 Å². The zero-order valence-corrected chi connectivity index (χ0v) is 19.1. The molecular formula is C26H32N4S. The fraction of sp³-hybridized carbons (Fsp3) is 0.423. The normalized spacial score (nSPS) is 25.1. The standard InChI is InChI=1S/C26H32N4S/c1-19-17-22-25(28-23-13-7-8-14-24(23)29-26(22)31-19)30-16-15-27-21(18-30)12-6-5-11-20-9-3-2-4-10-20/h2-4,7-10,13-14,17,21-22,26-27,29H,5-6,11-12,15-16,18H2,1H3/t21-,22?,26?/m0/s1. The van der Waals surface area contributed by atoms with Crippen molar-refractivity contribution in [2.24, 2.45) is 10.9 Å². The highest BCUT2D eigenvalue weighted by Crippen LogP contribution is 2.42. The van der Waals surface area contributed by atoms with Crippen LogP contribution in [0.3, 0.4) is 0 Å². The van der Waals surface area contributed by atoms with Gasteiger partial charge in [-0.05, 0) is 48.8 Å². The van der Waals surface area contributed by atoms with Crippen molar-refractivity contribution < 1.29 is 0 Å². The first kappa shape index (κ1) is 20.7. The van der Waals surface area contributed by atoms with E-state index in [2.05, 4.69) is 83.1 Å². The van der Waals surface area contributed by atoms with E-state index in [-0.39, 0.29) is 0 Å². The molecule has 1 saturated heterocycles. The molecule has 162 valence electrons. The Kier molecular flexibility index (Phi) is 6.32. The number of amidine groups is 1. The molecule has 3 heterocycles. The molecule has 0 radical (unpaired) electrons. The molecule has 0 aliphatic carbocycles. The molecule has 31 heavy (non-hydrogen) atoms. The van der Waals surface area contributed by atoms with Crippen LogP contribution in [0.1, 0.15) is 31.7 Å². The number of aliphatic imine (C=N–C) groups is 1. The van der Waals surface area contributed by atoms with Gasteiger partial charge in [0.15, 0.2) is 0 Å². The minimum atomic E-state index is 0.328. The van der Waals surface area contributed by atoms with Crippen LogP contribution in [-0.4, -0.2) is 41.8 Å². The van der Waals surface area contributed by atoms with Crippen molar-refractivity contribution >= 4 is 29.0 Å². The summed E-state index contributed by atoms with van der Waals surface area (Å²) < 4.78 is 0. The molecule has 5 heteroatoms. The van der Waals surface area contributed by atoms with Gasteiger partial charge in [0, 0.05) is 25.7 Å². The molecule has 3 aliphatic heterocycles. The fourth-order valence-corrected chi connectivity index (χ4v) is 6.06. The molecular weight excluding hydrogens is 400 g/mol. The summed E-state index contributed by atoms with van der Waals surface area (Å²) in [6.07, 6.45) is 7.33. The van der Waals surface area contributed by atoms with Gasteiger partial charge in [0.05, 0.1) is 22.7 Å². The Balaban J connectivity index is 1.25. The summed E-state index contributed by atoms with van der Waals surface area (Å²) in [5.74, 6) is 1.57. The molecule has 2 N–H and O–H groups in total. The number of nitrogens with zero attached hydrogens (tertiary/aromatic N) is 2. The second kappa shape index (κ2) is 9.49. The Bertz CT molecular complexity index is 955. The van der Waals surface area contributed by atoms with Crippen molar-refractivity contribution in [2.75, 3.05) is 25.0 Å². The first-order valence-corrected chi connectivity index (χ1v) is 12.5. The maximum atomic E-state index is 5.20. The topological polar surface area (TPSA) is 39.7 Å². The molecule has 3 aliphatic rings. The third-order valence-electron chi connectivity index (χ3n) is 6.48. The average Bonchev–Trinajstić information content (AvgIpc) is 3.09. The molecule has 0 saturated carbocycles. The molecule has 2 aromatic rings. The molecule has 5 rings (SSSR count). The van der Waals surface area contributed by atoms with Gasteiger partial charge in [0.2, 0.25) is 0 Å². The number of anilines is 1. The Morgan fingerprint density at radius 3 is 2.81 bits per heavy atom. The van der Waals surface area contributed by atoms with Gasteiger partial charge in [-0.3, -0.25) is 0 Å². The molecule has 2 unspecified atom stereocenters. The first-order chi connectivity index (χ1) is 15.3. The number of fused-ring (bicyclic) bond motifs is 2. The predicted molar refractivity (Wildman–Crippen MR) is 133 cm³/mol. The van der Waals surface area contributed by atoms with Crippen molar-refractivity contribution in [2.45, 2.75) is 44.0 Å². The molecule has 3 atom stereocenters. The second-order valence-electron chi connectivity index (χ2n) is 8.80. The van der Waals surface area contributed by atoms with Crippen LogP contribution in [-0.2, 0) is 6.42 Å². The van der Waals surface area contributed by atoms with E-state index in [9.17, 15) is 0 Å². The van der Waals surface area contributed by atoms with Gasteiger partial charge >= 0.3 is 0 Å². The van der Waals surface area contributed by atoms with Gasteiger partial charge < -0.3 is 15.5 Å². The number of piperazine rings is 1.